The van der Waals surface area contributed by atoms with Gasteiger partial charge in [0.15, 0.2) is 16.7 Å². The van der Waals surface area contributed by atoms with Gasteiger partial charge < -0.3 is 28.3 Å². The highest BCUT2D eigenvalue weighted by atomic mass is 32.2. The van der Waals surface area contributed by atoms with E-state index in [4.69, 9.17) is 23.6 Å². The van der Waals surface area contributed by atoms with Crippen molar-refractivity contribution in [1.82, 2.24) is 9.88 Å². The van der Waals surface area contributed by atoms with Crippen LogP contribution in [0.4, 0.5) is 5.69 Å². The molecule has 3 aromatic carbocycles. The number of furan rings is 1. The van der Waals surface area contributed by atoms with Gasteiger partial charge in [-0.05, 0) is 90.0 Å². The molecule has 1 amide bonds. The Labute approximate surface area is 269 Å². The van der Waals surface area contributed by atoms with Crippen molar-refractivity contribution in [2.45, 2.75) is 13.0 Å². The summed E-state index contributed by atoms with van der Waals surface area (Å²) in [6.07, 6.45) is 4.47. The van der Waals surface area contributed by atoms with Crippen molar-refractivity contribution < 1.29 is 33.0 Å². The molecular formula is C35H31N3O7S. The lowest BCUT2D eigenvalue weighted by Gasteiger charge is -2.15. The number of H-pyrrole nitrogens is 1. The number of benzene rings is 3. The second-order valence-electron chi connectivity index (χ2n) is 10.2. The fourth-order valence-electron chi connectivity index (χ4n) is 4.99. The molecule has 0 aliphatic carbocycles. The Balaban J connectivity index is 1.23. The van der Waals surface area contributed by atoms with Crippen LogP contribution in [0.15, 0.2) is 99.4 Å². The number of aromatic nitrogens is 1. The van der Waals surface area contributed by atoms with E-state index in [1.54, 1.807) is 37.3 Å². The van der Waals surface area contributed by atoms with Crippen LogP contribution in [0, 0.1) is 0 Å². The predicted molar refractivity (Wildman–Crippen MR) is 177 cm³/mol. The van der Waals surface area contributed by atoms with Crippen molar-refractivity contribution in [3.05, 3.63) is 113 Å². The summed E-state index contributed by atoms with van der Waals surface area (Å²) in [7, 11) is 4.45. The highest BCUT2D eigenvalue weighted by Gasteiger charge is 2.33. The monoisotopic (exact) mass is 637 g/mol. The molecule has 1 N–H and O–H groups in total. The van der Waals surface area contributed by atoms with Crippen molar-refractivity contribution in [2.24, 2.45) is 4.99 Å². The van der Waals surface area contributed by atoms with Crippen LogP contribution in [0.2, 0.25) is 0 Å². The number of aromatic amines is 1. The molecule has 5 aromatic rings. The normalized spacial score (nSPS) is 14.8. The second-order valence-corrected chi connectivity index (χ2v) is 11.2. The molecule has 234 valence electrons. The van der Waals surface area contributed by atoms with Gasteiger partial charge in [0.2, 0.25) is 5.76 Å². The summed E-state index contributed by atoms with van der Waals surface area (Å²) < 4.78 is 26.9. The lowest BCUT2D eigenvalue weighted by molar-refractivity contribution is -0.122. The molecule has 0 atom stereocenters. The molecule has 0 bridgehead atoms. The van der Waals surface area contributed by atoms with Crippen LogP contribution in [0.1, 0.15) is 27.4 Å². The van der Waals surface area contributed by atoms with Crippen LogP contribution in [-0.2, 0) is 22.6 Å². The average molecular weight is 638 g/mol. The first kappa shape index (κ1) is 30.6. The first-order valence-corrected chi connectivity index (χ1v) is 15.2. The van der Waals surface area contributed by atoms with Crippen molar-refractivity contribution in [3.8, 4) is 17.2 Å². The van der Waals surface area contributed by atoms with Crippen LogP contribution in [0.3, 0.4) is 0 Å². The van der Waals surface area contributed by atoms with Gasteiger partial charge in [-0.2, -0.15) is 0 Å². The van der Waals surface area contributed by atoms with Crippen LogP contribution >= 0.6 is 11.8 Å². The summed E-state index contributed by atoms with van der Waals surface area (Å²) in [5.74, 6) is 1.55. The van der Waals surface area contributed by atoms with Crippen molar-refractivity contribution in [3.63, 3.8) is 0 Å². The molecule has 3 heterocycles. The zero-order chi connectivity index (χ0) is 32.0. The number of rotatable bonds is 11. The lowest BCUT2D eigenvalue weighted by atomic mass is 10.1. The fraction of sp³-hybridized carbons (Fsp3) is 0.171. The Morgan fingerprint density at radius 3 is 2.59 bits per heavy atom. The van der Waals surface area contributed by atoms with Crippen LogP contribution in [0.5, 0.6) is 17.2 Å². The summed E-state index contributed by atoms with van der Waals surface area (Å²) in [5.41, 5.74) is 3.66. The first-order valence-electron chi connectivity index (χ1n) is 14.4. The zero-order valence-corrected chi connectivity index (χ0v) is 26.3. The minimum Gasteiger partial charge on any atom is -0.497 e. The minimum atomic E-state index is -0.561. The number of amides is 1. The Morgan fingerprint density at radius 1 is 0.978 bits per heavy atom. The number of ether oxygens (including phenoxy) is 4. The number of thioether (sulfide) groups is 1. The van der Waals surface area contributed by atoms with Crippen LogP contribution in [0.25, 0.3) is 17.0 Å². The molecule has 0 saturated carbocycles. The van der Waals surface area contributed by atoms with Gasteiger partial charge in [0, 0.05) is 23.6 Å². The molecule has 0 spiro atoms. The smallest absolute Gasteiger partial charge is 0.373 e. The number of esters is 1. The standard InChI is InChI=1S/C35H31N3O7S/c1-41-25-11-9-24(10-12-25)37-35-38(17-16-23-20-36-28-7-5-4-6-27(23)28)33(39)32(46-35)19-22-8-14-29(31(18-22)42-2)44-21-26-13-15-30(45-26)34(40)43-3/h4-15,18-20,36H,16-17,21H2,1-3H3. The average Bonchev–Trinajstić information content (AvgIpc) is 3.81. The topological polar surface area (TPSA) is 116 Å². The summed E-state index contributed by atoms with van der Waals surface area (Å²) in [5, 5.41) is 1.73. The third-order valence-corrected chi connectivity index (χ3v) is 8.38. The number of aliphatic imine (C=N–C) groups is 1. The van der Waals surface area contributed by atoms with E-state index in [1.807, 2.05) is 60.8 Å². The molecule has 2 aromatic heterocycles. The number of nitrogens with one attached hydrogen (secondary N) is 1. The first-order chi connectivity index (χ1) is 22.4. The van der Waals surface area contributed by atoms with Crippen molar-refractivity contribution >= 4 is 51.5 Å². The highest BCUT2D eigenvalue weighted by Crippen LogP contribution is 2.37. The summed E-state index contributed by atoms with van der Waals surface area (Å²) >= 11 is 1.33. The van der Waals surface area contributed by atoms with Gasteiger partial charge in [-0.3, -0.25) is 9.69 Å². The molecule has 1 fully saturated rings. The molecule has 6 rings (SSSR count). The number of carbonyl (C=O) groups is 2. The summed E-state index contributed by atoms with van der Waals surface area (Å²) in [4.78, 5) is 35.9. The molecule has 1 aliphatic rings. The van der Waals surface area contributed by atoms with E-state index < -0.39 is 5.97 Å². The molecule has 11 heteroatoms. The molecule has 10 nitrogen and oxygen atoms in total. The highest BCUT2D eigenvalue weighted by molar-refractivity contribution is 8.18. The van der Waals surface area contributed by atoms with E-state index in [-0.39, 0.29) is 18.3 Å². The quantitative estimate of drug-likeness (QED) is 0.122. The number of methoxy groups -OCH3 is 3. The molecular weight excluding hydrogens is 606 g/mol. The minimum absolute atomic E-state index is 0.0820. The Morgan fingerprint density at radius 2 is 1.80 bits per heavy atom. The molecule has 46 heavy (non-hydrogen) atoms. The number of carbonyl (C=O) groups excluding carboxylic acids is 2. The number of fused-ring (bicyclic) bond motifs is 1. The van der Waals surface area contributed by atoms with Gasteiger partial charge in [0.05, 0.1) is 31.9 Å². The number of amidine groups is 1. The van der Waals surface area contributed by atoms with Gasteiger partial charge in [0.1, 0.15) is 18.1 Å². The number of para-hydroxylation sites is 1. The zero-order valence-electron chi connectivity index (χ0n) is 25.4. The van der Waals surface area contributed by atoms with E-state index in [2.05, 4.69) is 15.8 Å². The molecule has 0 radical (unpaired) electrons. The van der Waals surface area contributed by atoms with Gasteiger partial charge in [0.25, 0.3) is 5.91 Å². The number of hydrogen-bond donors (Lipinski definition) is 1. The van der Waals surface area contributed by atoms with E-state index in [0.717, 1.165) is 27.8 Å². The van der Waals surface area contributed by atoms with Crippen molar-refractivity contribution in [2.75, 3.05) is 27.9 Å². The van der Waals surface area contributed by atoms with E-state index in [0.29, 0.717) is 46.0 Å². The van der Waals surface area contributed by atoms with Gasteiger partial charge in [-0.25, -0.2) is 9.79 Å². The van der Waals surface area contributed by atoms with Gasteiger partial charge in [-0.1, -0.05) is 24.3 Å². The largest absolute Gasteiger partial charge is 0.497 e. The summed E-state index contributed by atoms with van der Waals surface area (Å²) in [6.45, 7) is 0.541. The summed E-state index contributed by atoms with van der Waals surface area (Å²) in [6, 6.07) is 24.1. The third kappa shape index (κ3) is 6.64. The SMILES string of the molecule is COC(=O)c1ccc(COc2ccc(C=C3SC(=Nc4ccc(OC)cc4)N(CCc4c[nH]c5ccccc45)C3=O)cc2OC)o1. The predicted octanol–water partition coefficient (Wildman–Crippen LogP) is 6.99. The van der Waals surface area contributed by atoms with Gasteiger partial charge in [-0.15, -0.1) is 0 Å². The van der Waals surface area contributed by atoms with E-state index in [1.165, 1.54) is 24.9 Å². The maximum atomic E-state index is 13.8. The van der Waals surface area contributed by atoms with Gasteiger partial charge >= 0.3 is 5.97 Å². The fourth-order valence-corrected chi connectivity index (χ4v) is 6.01. The molecule has 0 unspecified atom stereocenters. The van der Waals surface area contributed by atoms with Crippen LogP contribution in [-0.4, -0.2) is 54.8 Å². The van der Waals surface area contributed by atoms with E-state index >= 15 is 0 Å². The Kier molecular flexibility index (Phi) is 9.11. The Hall–Kier alpha value is -5.42. The maximum Gasteiger partial charge on any atom is 0.373 e. The van der Waals surface area contributed by atoms with Crippen molar-refractivity contribution in [1.29, 1.82) is 0 Å². The van der Waals surface area contributed by atoms with E-state index in [9.17, 15) is 9.59 Å². The molecule has 1 aliphatic heterocycles. The maximum absolute atomic E-state index is 13.8. The Bertz CT molecular complexity index is 1940. The number of hydrogen-bond acceptors (Lipinski definition) is 9. The second kappa shape index (κ2) is 13.7. The van der Waals surface area contributed by atoms with Crippen LogP contribution < -0.4 is 14.2 Å². The lowest BCUT2D eigenvalue weighted by Crippen LogP contribution is -2.31. The third-order valence-electron chi connectivity index (χ3n) is 7.37. The number of nitrogens with zero attached hydrogens (tertiary/aromatic N) is 2. The molecule has 1 saturated heterocycles.